The number of methoxy groups -OCH3 is 1. The van der Waals surface area contributed by atoms with Gasteiger partial charge in [0.05, 0.1) is 7.11 Å². The van der Waals surface area contributed by atoms with Crippen LogP contribution in [0.3, 0.4) is 0 Å². The maximum Gasteiger partial charge on any atom is 0.311 e. The van der Waals surface area contributed by atoms with Gasteiger partial charge < -0.3 is 10.5 Å². The lowest BCUT2D eigenvalue weighted by molar-refractivity contribution is -0.425. The van der Waals surface area contributed by atoms with Gasteiger partial charge in [0.2, 0.25) is 0 Å². The minimum Gasteiger partial charge on any atom is -0.469 e. The van der Waals surface area contributed by atoms with Crippen LogP contribution in [0.2, 0.25) is 0 Å². The number of carbonyl (C=O) groups excluding carboxylic acids is 1. The van der Waals surface area contributed by atoms with Gasteiger partial charge in [0, 0.05) is 5.56 Å². The maximum atomic E-state index is 11.0. The Bertz CT molecular complexity index is 323. The number of ether oxygens (including phenoxy) is 1. The first-order valence-corrected chi connectivity index (χ1v) is 4.60. The molecule has 3 N–H and O–H groups in total. The number of benzene rings is 1. The van der Waals surface area contributed by atoms with Gasteiger partial charge in [0.25, 0.3) is 0 Å². The van der Waals surface area contributed by atoms with Crippen LogP contribution in [0.1, 0.15) is 23.6 Å². The second kappa shape index (κ2) is 4.77. The minimum atomic E-state index is -0.215. The van der Waals surface area contributed by atoms with Crippen LogP contribution in [0, 0.1) is 6.92 Å². The number of carbonyl (C=O) groups is 1. The Balaban J connectivity index is 2.74. The summed E-state index contributed by atoms with van der Waals surface area (Å²) in [4.78, 5) is 11.0. The second-order valence-corrected chi connectivity index (χ2v) is 3.33. The first kappa shape index (κ1) is 10.7. The molecule has 0 heterocycles. The van der Waals surface area contributed by atoms with Gasteiger partial charge in [-0.25, -0.2) is 0 Å². The highest BCUT2D eigenvalue weighted by atomic mass is 16.5. The van der Waals surface area contributed by atoms with Crippen molar-refractivity contribution < 1.29 is 15.3 Å². The van der Waals surface area contributed by atoms with Crippen molar-refractivity contribution in [2.45, 2.75) is 19.4 Å². The quantitative estimate of drug-likeness (QED) is 0.725. The Labute approximate surface area is 83.9 Å². The van der Waals surface area contributed by atoms with Gasteiger partial charge in [-0.2, -0.15) is 0 Å². The van der Waals surface area contributed by atoms with Crippen LogP contribution in [0.15, 0.2) is 24.3 Å². The summed E-state index contributed by atoms with van der Waals surface area (Å²) >= 11 is 0. The van der Waals surface area contributed by atoms with E-state index in [9.17, 15) is 4.79 Å². The number of quaternary nitrogens is 1. The Morgan fingerprint density at radius 3 is 2.71 bits per heavy atom. The van der Waals surface area contributed by atoms with Crippen LogP contribution in [0.25, 0.3) is 0 Å². The molecule has 0 bridgehead atoms. The summed E-state index contributed by atoms with van der Waals surface area (Å²) in [5, 5.41) is 0. The highest BCUT2D eigenvalue weighted by molar-refractivity contribution is 5.70. The highest BCUT2D eigenvalue weighted by Crippen LogP contribution is 2.16. The van der Waals surface area contributed by atoms with Gasteiger partial charge in [-0.1, -0.05) is 24.3 Å². The van der Waals surface area contributed by atoms with E-state index in [0.717, 1.165) is 11.1 Å². The van der Waals surface area contributed by atoms with E-state index in [1.54, 1.807) is 0 Å². The zero-order chi connectivity index (χ0) is 10.6. The van der Waals surface area contributed by atoms with E-state index in [-0.39, 0.29) is 12.0 Å². The molecule has 3 heteroatoms. The molecule has 1 aromatic carbocycles. The zero-order valence-electron chi connectivity index (χ0n) is 8.62. The summed E-state index contributed by atoms with van der Waals surface area (Å²) in [6.07, 6.45) is 0.335. The van der Waals surface area contributed by atoms with E-state index in [4.69, 9.17) is 0 Å². The molecule has 1 aromatic rings. The molecule has 0 aromatic heterocycles. The first-order chi connectivity index (χ1) is 6.65. The molecule has 3 nitrogen and oxygen atoms in total. The smallest absolute Gasteiger partial charge is 0.311 e. The van der Waals surface area contributed by atoms with Crippen LogP contribution in [-0.4, -0.2) is 13.1 Å². The third-order valence-electron chi connectivity index (χ3n) is 2.27. The number of rotatable bonds is 3. The van der Waals surface area contributed by atoms with E-state index in [1.165, 1.54) is 7.11 Å². The molecular formula is C11H16NO2+. The molecule has 0 aliphatic rings. The molecule has 0 aliphatic carbocycles. The summed E-state index contributed by atoms with van der Waals surface area (Å²) in [7, 11) is 1.40. The van der Waals surface area contributed by atoms with Crippen molar-refractivity contribution in [3.63, 3.8) is 0 Å². The Morgan fingerprint density at radius 2 is 2.14 bits per heavy atom. The highest BCUT2D eigenvalue weighted by Gasteiger charge is 2.16. The van der Waals surface area contributed by atoms with Crippen molar-refractivity contribution in [2.75, 3.05) is 7.11 Å². The fourth-order valence-electron chi connectivity index (χ4n) is 1.44. The van der Waals surface area contributed by atoms with E-state index < -0.39 is 0 Å². The number of esters is 1. The van der Waals surface area contributed by atoms with Gasteiger partial charge in [0.1, 0.15) is 12.5 Å². The van der Waals surface area contributed by atoms with Crippen molar-refractivity contribution in [2.24, 2.45) is 0 Å². The zero-order valence-corrected chi connectivity index (χ0v) is 8.62. The van der Waals surface area contributed by atoms with Gasteiger partial charge >= 0.3 is 5.97 Å². The minimum absolute atomic E-state index is 0.0244. The molecule has 1 rings (SSSR count). The average molecular weight is 194 g/mol. The molecule has 0 unspecified atom stereocenters. The summed E-state index contributed by atoms with van der Waals surface area (Å²) in [6, 6.07) is 7.92. The van der Waals surface area contributed by atoms with Gasteiger partial charge in [-0.15, -0.1) is 0 Å². The third-order valence-corrected chi connectivity index (χ3v) is 2.27. The van der Waals surface area contributed by atoms with Crippen LogP contribution >= 0.6 is 0 Å². The van der Waals surface area contributed by atoms with Gasteiger partial charge in [0.15, 0.2) is 0 Å². The Morgan fingerprint density at radius 1 is 1.50 bits per heavy atom. The van der Waals surface area contributed by atoms with Crippen molar-refractivity contribution in [3.05, 3.63) is 35.4 Å². The largest absolute Gasteiger partial charge is 0.469 e. The SMILES string of the molecule is COC(=O)C[C@H]([NH3+])c1ccccc1C. The topological polar surface area (TPSA) is 53.9 Å². The van der Waals surface area contributed by atoms with Gasteiger partial charge in [-0.3, -0.25) is 4.79 Å². The summed E-state index contributed by atoms with van der Waals surface area (Å²) < 4.78 is 4.60. The third kappa shape index (κ3) is 2.57. The molecule has 0 aliphatic heterocycles. The molecule has 0 amide bonds. The molecule has 1 atom stereocenters. The molecule has 14 heavy (non-hydrogen) atoms. The van der Waals surface area contributed by atoms with Crippen molar-refractivity contribution >= 4 is 5.97 Å². The summed E-state index contributed by atoms with van der Waals surface area (Å²) in [6.45, 7) is 2.02. The van der Waals surface area contributed by atoms with Crippen LogP contribution in [0.5, 0.6) is 0 Å². The van der Waals surface area contributed by atoms with E-state index >= 15 is 0 Å². The van der Waals surface area contributed by atoms with Crippen LogP contribution in [-0.2, 0) is 9.53 Å². The molecule has 0 saturated carbocycles. The van der Waals surface area contributed by atoms with Crippen molar-refractivity contribution in [1.82, 2.24) is 0 Å². The summed E-state index contributed by atoms with van der Waals surface area (Å²) in [5.74, 6) is -0.215. The predicted molar refractivity (Wildman–Crippen MR) is 53.4 cm³/mol. The average Bonchev–Trinajstić information content (AvgIpc) is 2.18. The molecular weight excluding hydrogens is 178 g/mol. The van der Waals surface area contributed by atoms with E-state index in [0.29, 0.717) is 6.42 Å². The number of hydrogen-bond acceptors (Lipinski definition) is 2. The van der Waals surface area contributed by atoms with Crippen LogP contribution < -0.4 is 5.73 Å². The normalized spacial score (nSPS) is 12.2. The lowest BCUT2D eigenvalue weighted by Gasteiger charge is -2.09. The van der Waals surface area contributed by atoms with Crippen molar-refractivity contribution in [1.29, 1.82) is 0 Å². The lowest BCUT2D eigenvalue weighted by Crippen LogP contribution is -2.54. The van der Waals surface area contributed by atoms with Crippen molar-refractivity contribution in [3.8, 4) is 0 Å². The maximum absolute atomic E-state index is 11.0. The predicted octanol–water partition coefficient (Wildman–Crippen LogP) is 0.841. The fraction of sp³-hybridized carbons (Fsp3) is 0.364. The van der Waals surface area contributed by atoms with Gasteiger partial charge in [-0.05, 0) is 12.5 Å². The van der Waals surface area contributed by atoms with E-state index in [1.807, 2.05) is 31.2 Å². The monoisotopic (exact) mass is 194 g/mol. The Kier molecular flexibility index (Phi) is 3.65. The standard InChI is InChI=1S/C11H15NO2/c1-8-5-3-4-6-9(8)10(12)7-11(13)14-2/h3-6,10H,7,12H2,1-2H3/p+1/t10-/m0/s1. The molecule has 0 fully saturated rings. The second-order valence-electron chi connectivity index (χ2n) is 3.33. The molecule has 0 radical (unpaired) electrons. The molecule has 0 spiro atoms. The Hall–Kier alpha value is -1.35. The molecule has 0 saturated heterocycles. The fourth-order valence-corrected chi connectivity index (χ4v) is 1.44. The number of aryl methyl sites for hydroxylation is 1. The number of hydrogen-bond donors (Lipinski definition) is 1. The molecule has 76 valence electrons. The summed E-state index contributed by atoms with van der Waals surface area (Å²) in [5.41, 5.74) is 6.23. The van der Waals surface area contributed by atoms with Crippen LogP contribution in [0.4, 0.5) is 0 Å². The van der Waals surface area contributed by atoms with E-state index in [2.05, 4.69) is 10.5 Å². The first-order valence-electron chi connectivity index (χ1n) is 4.60. The lowest BCUT2D eigenvalue weighted by atomic mass is 10.00.